The first-order valence-corrected chi connectivity index (χ1v) is 10.3. The Labute approximate surface area is 185 Å². The molecule has 1 saturated heterocycles. The van der Waals surface area contributed by atoms with Crippen LogP contribution in [0.2, 0.25) is 0 Å². The molecule has 1 aromatic carbocycles. The van der Waals surface area contributed by atoms with Crippen molar-refractivity contribution in [1.82, 2.24) is 19.2 Å². The molecule has 3 aromatic rings. The summed E-state index contributed by atoms with van der Waals surface area (Å²) in [4.78, 5) is 34.0. The van der Waals surface area contributed by atoms with Crippen molar-refractivity contribution in [3.05, 3.63) is 76.5 Å². The molecule has 1 fully saturated rings. The van der Waals surface area contributed by atoms with Crippen LogP contribution in [0, 0.1) is 19.7 Å². The number of aromatic nitrogens is 2. The van der Waals surface area contributed by atoms with Crippen molar-refractivity contribution in [1.29, 1.82) is 0 Å². The average molecular weight is 436 g/mol. The van der Waals surface area contributed by atoms with Crippen molar-refractivity contribution in [3.63, 3.8) is 0 Å². The third kappa shape index (κ3) is 3.56. The topological polar surface area (TPSA) is 78.1 Å². The van der Waals surface area contributed by atoms with Crippen LogP contribution < -0.4 is 0 Å². The lowest BCUT2D eigenvalue weighted by molar-refractivity contribution is -0.140. The Morgan fingerprint density at radius 2 is 1.84 bits per heavy atom. The molecule has 1 N–H and O–H groups in total. The van der Waals surface area contributed by atoms with Gasteiger partial charge in [-0.3, -0.25) is 14.0 Å². The molecule has 1 amide bonds. The van der Waals surface area contributed by atoms with Gasteiger partial charge in [0.1, 0.15) is 17.2 Å². The number of amides is 1. The third-order valence-corrected chi connectivity index (χ3v) is 5.76. The van der Waals surface area contributed by atoms with Crippen LogP contribution in [-0.2, 0) is 9.59 Å². The molecule has 0 unspecified atom stereocenters. The van der Waals surface area contributed by atoms with Crippen LogP contribution in [0.5, 0.6) is 0 Å². The highest BCUT2D eigenvalue weighted by Crippen LogP contribution is 2.40. The van der Waals surface area contributed by atoms with E-state index in [1.807, 2.05) is 38.1 Å². The summed E-state index contributed by atoms with van der Waals surface area (Å²) in [5.41, 5.74) is 3.00. The zero-order chi connectivity index (χ0) is 23.2. The summed E-state index contributed by atoms with van der Waals surface area (Å²) in [5.74, 6) is -2.17. The Morgan fingerprint density at radius 3 is 2.50 bits per heavy atom. The molecule has 0 aliphatic carbocycles. The van der Waals surface area contributed by atoms with Crippen LogP contribution in [0.4, 0.5) is 4.39 Å². The van der Waals surface area contributed by atoms with E-state index in [1.165, 1.54) is 29.2 Å². The normalized spacial score (nSPS) is 18.3. The number of aryl methyl sites for hydroxylation is 2. The van der Waals surface area contributed by atoms with E-state index >= 15 is 0 Å². The van der Waals surface area contributed by atoms with Gasteiger partial charge in [-0.1, -0.05) is 18.2 Å². The monoisotopic (exact) mass is 436 g/mol. The lowest BCUT2D eigenvalue weighted by atomic mass is 9.96. The molecule has 32 heavy (non-hydrogen) atoms. The molecule has 1 atom stereocenters. The standard InChI is InChI=1S/C24H25FN4O3/c1-14-6-5-11-28-19(15(2)26-23(14)28)21(30)18-20(16-7-9-17(25)10-8-16)29(13-12-27(3)4)24(32)22(18)31/h5-11,20,30H,12-13H2,1-4H3/t20-/m1/s1. The lowest BCUT2D eigenvalue weighted by Crippen LogP contribution is -2.35. The number of aliphatic hydroxyl groups is 1. The van der Waals surface area contributed by atoms with Gasteiger partial charge < -0.3 is 14.9 Å². The minimum Gasteiger partial charge on any atom is -0.505 e. The van der Waals surface area contributed by atoms with Gasteiger partial charge in [0, 0.05) is 19.3 Å². The largest absolute Gasteiger partial charge is 0.505 e. The average Bonchev–Trinajstić information content (AvgIpc) is 3.21. The van der Waals surface area contributed by atoms with E-state index in [4.69, 9.17) is 0 Å². The minimum atomic E-state index is -0.828. The maximum Gasteiger partial charge on any atom is 0.295 e. The predicted molar refractivity (Wildman–Crippen MR) is 119 cm³/mol. The summed E-state index contributed by atoms with van der Waals surface area (Å²) >= 11 is 0. The van der Waals surface area contributed by atoms with E-state index in [-0.39, 0.29) is 17.9 Å². The number of aliphatic hydroxyl groups excluding tert-OH is 1. The molecular formula is C24H25FN4O3. The molecular weight excluding hydrogens is 411 g/mol. The zero-order valence-electron chi connectivity index (χ0n) is 18.5. The Kier molecular flexibility index (Phi) is 5.56. The van der Waals surface area contributed by atoms with Crippen molar-refractivity contribution in [2.24, 2.45) is 0 Å². The number of benzene rings is 1. The molecule has 4 rings (SSSR count). The highest BCUT2D eigenvalue weighted by molar-refractivity contribution is 6.46. The molecule has 0 spiro atoms. The minimum absolute atomic E-state index is 0.0215. The number of carbonyl (C=O) groups excluding carboxylic acids is 2. The summed E-state index contributed by atoms with van der Waals surface area (Å²) in [7, 11) is 3.74. The lowest BCUT2D eigenvalue weighted by Gasteiger charge is -2.26. The number of Topliss-reactive ketones (excluding diaryl/α,β-unsaturated/α-hetero) is 1. The van der Waals surface area contributed by atoms with Crippen LogP contribution in [0.1, 0.15) is 28.6 Å². The number of pyridine rings is 1. The fourth-order valence-corrected chi connectivity index (χ4v) is 4.14. The van der Waals surface area contributed by atoms with Crippen LogP contribution in [0.25, 0.3) is 11.4 Å². The predicted octanol–water partition coefficient (Wildman–Crippen LogP) is 3.07. The molecule has 2 aromatic heterocycles. The number of likely N-dealkylation sites (tertiary alicyclic amines) is 1. The van der Waals surface area contributed by atoms with E-state index in [2.05, 4.69) is 4.98 Å². The number of hydrogen-bond acceptors (Lipinski definition) is 5. The smallest absolute Gasteiger partial charge is 0.295 e. The summed E-state index contributed by atoms with van der Waals surface area (Å²) in [6.45, 7) is 4.46. The van der Waals surface area contributed by atoms with Crippen molar-refractivity contribution in [2.75, 3.05) is 27.2 Å². The first-order valence-electron chi connectivity index (χ1n) is 10.3. The van der Waals surface area contributed by atoms with Crippen molar-refractivity contribution in [2.45, 2.75) is 19.9 Å². The number of imidazole rings is 1. The molecule has 166 valence electrons. The van der Waals surface area contributed by atoms with Gasteiger partial charge >= 0.3 is 0 Å². The first-order chi connectivity index (χ1) is 15.2. The maximum absolute atomic E-state index is 13.6. The van der Waals surface area contributed by atoms with Crippen LogP contribution >= 0.6 is 0 Å². The molecule has 8 heteroatoms. The van der Waals surface area contributed by atoms with Crippen LogP contribution in [0.3, 0.4) is 0 Å². The van der Waals surface area contributed by atoms with E-state index in [0.29, 0.717) is 29.1 Å². The first kappa shape index (κ1) is 21.7. The van der Waals surface area contributed by atoms with Gasteiger partial charge in [0.2, 0.25) is 0 Å². The summed E-state index contributed by atoms with van der Waals surface area (Å²) in [5, 5.41) is 11.4. The van der Waals surface area contributed by atoms with Gasteiger partial charge in [-0.15, -0.1) is 0 Å². The number of likely N-dealkylation sites (N-methyl/N-ethyl adjacent to an activating group) is 1. The van der Waals surface area contributed by atoms with Gasteiger partial charge in [0.15, 0.2) is 5.76 Å². The summed E-state index contributed by atoms with van der Waals surface area (Å²) in [6.07, 6.45) is 1.76. The van der Waals surface area contributed by atoms with Gasteiger partial charge in [-0.05, 0) is 57.3 Å². The van der Waals surface area contributed by atoms with E-state index in [0.717, 1.165) is 5.56 Å². The Hall–Kier alpha value is -3.52. The maximum atomic E-state index is 13.6. The second-order valence-corrected chi connectivity index (χ2v) is 8.28. The van der Waals surface area contributed by atoms with E-state index < -0.39 is 23.5 Å². The van der Waals surface area contributed by atoms with Crippen LogP contribution in [-0.4, -0.2) is 63.2 Å². The van der Waals surface area contributed by atoms with Gasteiger partial charge in [0.05, 0.1) is 17.3 Å². The molecule has 7 nitrogen and oxygen atoms in total. The molecule has 1 aliphatic heterocycles. The number of fused-ring (bicyclic) bond motifs is 1. The third-order valence-electron chi connectivity index (χ3n) is 5.76. The van der Waals surface area contributed by atoms with Crippen molar-refractivity contribution >= 4 is 23.1 Å². The van der Waals surface area contributed by atoms with Crippen molar-refractivity contribution < 1.29 is 19.1 Å². The fraction of sp³-hybridized carbons (Fsp3) is 0.292. The second-order valence-electron chi connectivity index (χ2n) is 8.28. The van der Waals surface area contributed by atoms with Gasteiger partial charge in [-0.2, -0.15) is 0 Å². The highest BCUT2D eigenvalue weighted by atomic mass is 19.1. The number of hydrogen-bond donors (Lipinski definition) is 1. The Morgan fingerprint density at radius 1 is 1.16 bits per heavy atom. The van der Waals surface area contributed by atoms with Gasteiger partial charge in [0.25, 0.3) is 11.7 Å². The number of ketones is 1. The van der Waals surface area contributed by atoms with E-state index in [9.17, 15) is 19.1 Å². The quantitative estimate of drug-likeness (QED) is 0.378. The van der Waals surface area contributed by atoms with Crippen LogP contribution in [0.15, 0.2) is 48.2 Å². The number of rotatable bonds is 5. The fourth-order valence-electron chi connectivity index (χ4n) is 4.14. The molecule has 0 radical (unpaired) electrons. The highest BCUT2D eigenvalue weighted by Gasteiger charge is 2.46. The SMILES string of the molecule is Cc1nc2c(C)cccn2c1C(O)=C1C(=O)C(=O)N(CCN(C)C)[C@@H]1c1ccc(F)cc1. The Bertz CT molecular complexity index is 1240. The molecule has 3 heterocycles. The van der Waals surface area contributed by atoms with E-state index in [1.54, 1.807) is 17.5 Å². The molecule has 0 bridgehead atoms. The Balaban J connectivity index is 1.94. The summed E-state index contributed by atoms with van der Waals surface area (Å²) < 4.78 is 15.3. The number of halogens is 1. The second kappa shape index (κ2) is 8.20. The van der Waals surface area contributed by atoms with Gasteiger partial charge in [-0.25, -0.2) is 9.37 Å². The number of nitrogens with zero attached hydrogens (tertiary/aromatic N) is 4. The molecule has 0 saturated carbocycles. The summed E-state index contributed by atoms with van der Waals surface area (Å²) in [6, 6.07) is 8.54. The molecule has 1 aliphatic rings. The number of carbonyl (C=O) groups is 2. The van der Waals surface area contributed by atoms with Crippen molar-refractivity contribution in [3.8, 4) is 0 Å². The zero-order valence-corrected chi connectivity index (χ0v) is 18.5.